The molecule has 5 nitrogen and oxygen atoms in total. The molecule has 0 bridgehead atoms. The number of carbonyl (C=O) groups excluding carboxylic acids is 1. The Bertz CT molecular complexity index is 1200. The van der Waals surface area contributed by atoms with E-state index in [1.54, 1.807) is 6.07 Å². The number of piperazine rings is 1. The van der Waals surface area contributed by atoms with Gasteiger partial charge in [0.1, 0.15) is 5.82 Å². The highest BCUT2D eigenvalue weighted by Gasteiger charge is 2.21. The first-order valence-corrected chi connectivity index (χ1v) is 10.8. The fourth-order valence-corrected chi connectivity index (χ4v) is 4.39. The standard InChI is InChI=1S/C25H23F2N3O2/c26-20-6-1-4-17-5-2-7-22(24(17)20)30-11-9-29(10-12-30)8-3-13-32-23-15-19-18(14-21(23)27)16-28-25(19)31/h1-2,4-7,14-16H,3,8-13H2. The molecule has 164 valence electrons. The van der Waals surface area contributed by atoms with E-state index in [-0.39, 0.29) is 17.5 Å². The zero-order chi connectivity index (χ0) is 22.1. The van der Waals surface area contributed by atoms with Crippen LogP contribution in [0.5, 0.6) is 5.75 Å². The van der Waals surface area contributed by atoms with E-state index in [0.717, 1.165) is 50.2 Å². The molecule has 2 aliphatic heterocycles. The Morgan fingerprint density at radius 1 is 0.969 bits per heavy atom. The lowest BCUT2D eigenvalue weighted by molar-refractivity contribution is 0.101. The van der Waals surface area contributed by atoms with E-state index in [2.05, 4.69) is 14.8 Å². The summed E-state index contributed by atoms with van der Waals surface area (Å²) in [4.78, 5) is 19.9. The van der Waals surface area contributed by atoms with Gasteiger partial charge in [0.05, 0.1) is 12.2 Å². The van der Waals surface area contributed by atoms with Crippen molar-refractivity contribution in [3.05, 3.63) is 71.3 Å². The number of amides is 1. The van der Waals surface area contributed by atoms with Crippen molar-refractivity contribution in [3.8, 4) is 5.75 Å². The molecule has 1 saturated heterocycles. The van der Waals surface area contributed by atoms with Crippen molar-refractivity contribution in [3.63, 3.8) is 0 Å². The molecule has 0 radical (unpaired) electrons. The smallest absolute Gasteiger partial charge is 0.277 e. The molecule has 1 amide bonds. The Balaban J connectivity index is 1.13. The lowest BCUT2D eigenvalue weighted by atomic mass is 10.1. The number of benzene rings is 3. The predicted octanol–water partition coefficient (Wildman–Crippen LogP) is 4.28. The van der Waals surface area contributed by atoms with Gasteiger partial charge in [-0.15, -0.1) is 0 Å². The van der Waals surface area contributed by atoms with Crippen LogP contribution in [0.2, 0.25) is 0 Å². The molecule has 0 atom stereocenters. The third-order valence-electron chi connectivity index (χ3n) is 6.08. The number of aliphatic imine (C=N–C) groups is 1. The van der Waals surface area contributed by atoms with E-state index in [1.807, 2.05) is 24.3 Å². The second-order valence-corrected chi connectivity index (χ2v) is 8.08. The molecule has 3 aromatic carbocycles. The van der Waals surface area contributed by atoms with E-state index >= 15 is 0 Å². The van der Waals surface area contributed by atoms with E-state index in [4.69, 9.17) is 4.74 Å². The maximum atomic E-state index is 14.4. The number of ether oxygens (including phenoxy) is 1. The number of hydrogen-bond acceptors (Lipinski definition) is 4. The van der Waals surface area contributed by atoms with Gasteiger partial charge < -0.3 is 9.64 Å². The Kier molecular flexibility index (Phi) is 5.57. The monoisotopic (exact) mass is 435 g/mol. The van der Waals surface area contributed by atoms with Crippen LogP contribution in [0.3, 0.4) is 0 Å². The fourth-order valence-electron chi connectivity index (χ4n) is 4.39. The molecule has 0 saturated carbocycles. The van der Waals surface area contributed by atoms with Gasteiger partial charge in [-0.2, -0.15) is 0 Å². The second-order valence-electron chi connectivity index (χ2n) is 8.08. The highest BCUT2D eigenvalue weighted by atomic mass is 19.1. The normalized spacial score (nSPS) is 16.1. The zero-order valence-corrected chi connectivity index (χ0v) is 17.6. The van der Waals surface area contributed by atoms with Gasteiger partial charge in [-0.1, -0.05) is 24.3 Å². The number of anilines is 1. The SMILES string of the molecule is O=C1N=Cc2cc(F)c(OCCCN3CCN(c4cccc5cccc(F)c45)CC3)cc21. The molecule has 7 heteroatoms. The maximum absolute atomic E-state index is 14.4. The van der Waals surface area contributed by atoms with Crippen LogP contribution in [-0.2, 0) is 0 Å². The molecule has 5 rings (SSSR count). The van der Waals surface area contributed by atoms with Gasteiger partial charge in [0.25, 0.3) is 5.91 Å². The third-order valence-corrected chi connectivity index (χ3v) is 6.08. The van der Waals surface area contributed by atoms with Gasteiger partial charge in [0, 0.05) is 55.6 Å². The summed E-state index contributed by atoms with van der Waals surface area (Å²) < 4.78 is 34.2. The number of rotatable bonds is 6. The van der Waals surface area contributed by atoms with Gasteiger partial charge in [-0.05, 0) is 36.1 Å². The number of halogens is 2. The average molecular weight is 435 g/mol. The lowest BCUT2D eigenvalue weighted by Gasteiger charge is -2.36. The maximum Gasteiger partial charge on any atom is 0.277 e. The summed E-state index contributed by atoms with van der Waals surface area (Å²) in [5, 5.41) is 1.59. The van der Waals surface area contributed by atoms with Crippen LogP contribution < -0.4 is 9.64 Å². The van der Waals surface area contributed by atoms with Gasteiger partial charge in [0.15, 0.2) is 11.6 Å². The van der Waals surface area contributed by atoms with Gasteiger partial charge in [0.2, 0.25) is 0 Å². The van der Waals surface area contributed by atoms with Crippen LogP contribution in [0.15, 0.2) is 53.5 Å². The Morgan fingerprint density at radius 3 is 2.56 bits per heavy atom. The molecule has 3 aromatic rings. The van der Waals surface area contributed by atoms with Crippen LogP contribution in [0.1, 0.15) is 22.3 Å². The summed E-state index contributed by atoms with van der Waals surface area (Å²) in [6, 6.07) is 13.8. The first kappa shape index (κ1) is 20.6. The first-order chi connectivity index (χ1) is 15.6. The fraction of sp³-hybridized carbons (Fsp3) is 0.280. The second kappa shape index (κ2) is 8.67. The number of carbonyl (C=O) groups is 1. The largest absolute Gasteiger partial charge is 0.490 e. The molecule has 0 N–H and O–H groups in total. The minimum Gasteiger partial charge on any atom is -0.490 e. The Morgan fingerprint density at radius 2 is 1.75 bits per heavy atom. The number of fused-ring (bicyclic) bond motifs is 2. The summed E-state index contributed by atoms with van der Waals surface area (Å²) in [6.45, 7) is 4.55. The molecule has 0 spiro atoms. The van der Waals surface area contributed by atoms with E-state index in [9.17, 15) is 13.6 Å². The highest BCUT2D eigenvalue weighted by molar-refractivity contribution is 6.13. The Hall–Kier alpha value is -3.32. The molecule has 0 aromatic heterocycles. The molecule has 2 aliphatic rings. The quantitative estimate of drug-likeness (QED) is 0.542. The highest BCUT2D eigenvalue weighted by Crippen LogP contribution is 2.30. The van der Waals surface area contributed by atoms with Crippen molar-refractivity contribution in [2.24, 2.45) is 4.99 Å². The van der Waals surface area contributed by atoms with Crippen molar-refractivity contribution in [1.29, 1.82) is 0 Å². The van der Waals surface area contributed by atoms with Crippen LogP contribution in [-0.4, -0.2) is 56.4 Å². The molecule has 32 heavy (non-hydrogen) atoms. The Labute approximate surface area is 184 Å². The summed E-state index contributed by atoms with van der Waals surface area (Å²) in [5.74, 6) is -0.954. The van der Waals surface area contributed by atoms with E-state index in [0.29, 0.717) is 23.1 Å². The van der Waals surface area contributed by atoms with Crippen molar-refractivity contribution in [2.75, 3.05) is 44.2 Å². The van der Waals surface area contributed by atoms with Crippen molar-refractivity contribution in [1.82, 2.24) is 4.90 Å². The van der Waals surface area contributed by atoms with Crippen molar-refractivity contribution < 1.29 is 18.3 Å². The van der Waals surface area contributed by atoms with Gasteiger partial charge in [-0.3, -0.25) is 9.69 Å². The molecule has 2 heterocycles. The molecule has 0 unspecified atom stereocenters. The molecular formula is C25H23F2N3O2. The number of nitrogens with zero attached hydrogens (tertiary/aromatic N) is 3. The third kappa shape index (κ3) is 3.96. The average Bonchev–Trinajstić information content (AvgIpc) is 3.16. The van der Waals surface area contributed by atoms with Crippen LogP contribution in [0.4, 0.5) is 14.5 Å². The molecule has 0 aliphatic carbocycles. The predicted molar refractivity (Wildman–Crippen MR) is 121 cm³/mol. The summed E-state index contributed by atoms with van der Waals surface area (Å²) in [6.07, 6.45) is 2.11. The van der Waals surface area contributed by atoms with E-state index < -0.39 is 5.82 Å². The minimum atomic E-state index is -0.485. The molecule has 1 fully saturated rings. The van der Waals surface area contributed by atoms with E-state index in [1.165, 1.54) is 24.4 Å². The zero-order valence-electron chi connectivity index (χ0n) is 17.6. The summed E-state index contributed by atoms with van der Waals surface area (Å²) >= 11 is 0. The minimum absolute atomic E-state index is 0.0883. The summed E-state index contributed by atoms with van der Waals surface area (Å²) in [5.41, 5.74) is 1.81. The van der Waals surface area contributed by atoms with Crippen molar-refractivity contribution >= 4 is 28.6 Å². The van der Waals surface area contributed by atoms with Gasteiger partial charge in [-0.25, -0.2) is 13.8 Å². The topological polar surface area (TPSA) is 45.1 Å². The molecular weight excluding hydrogens is 412 g/mol. The van der Waals surface area contributed by atoms with Crippen LogP contribution >= 0.6 is 0 Å². The lowest BCUT2D eigenvalue weighted by Crippen LogP contribution is -2.46. The number of hydrogen-bond donors (Lipinski definition) is 0. The van der Waals surface area contributed by atoms with Crippen LogP contribution in [0.25, 0.3) is 10.8 Å². The summed E-state index contributed by atoms with van der Waals surface area (Å²) in [7, 11) is 0. The first-order valence-electron chi connectivity index (χ1n) is 10.8. The van der Waals surface area contributed by atoms with Crippen molar-refractivity contribution in [2.45, 2.75) is 6.42 Å². The van der Waals surface area contributed by atoms with Crippen LogP contribution in [0, 0.1) is 11.6 Å². The van der Waals surface area contributed by atoms with Gasteiger partial charge >= 0.3 is 0 Å².